The Bertz CT molecular complexity index is 1090. The molecular weight excluding hydrogens is 431 g/mol. The maximum absolute atomic E-state index is 12.2. The number of nitrogens with zero attached hydrogens (tertiary/aromatic N) is 2. The fraction of sp³-hybridized carbons (Fsp3) is 0.125. The van der Waals surface area contributed by atoms with Crippen LogP contribution in [-0.2, 0) is 16.6 Å². The van der Waals surface area contributed by atoms with Crippen LogP contribution in [0.2, 0.25) is 10.3 Å². The highest BCUT2D eigenvalue weighted by atomic mass is 35.5. The first-order chi connectivity index (χ1) is 13.3. The Labute approximate surface area is 170 Å². The summed E-state index contributed by atoms with van der Waals surface area (Å²) in [5.41, 5.74) is 2.09. The smallest absolute Gasteiger partial charge is 0.301 e. The lowest BCUT2D eigenvalue weighted by molar-refractivity contribution is 0.0915. The van der Waals surface area contributed by atoms with Gasteiger partial charge in [-0.2, -0.15) is 0 Å². The van der Waals surface area contributed by atoms with Gasteiger partial charge in [0, 0.05) is 0 Å². The Morgan fingerprint density at radius 3 is 2.54 bits per heavy atom. The van der Waals surface area contributed by atoms with Crippen molar-refractivity contribution >= 4 is 39.1 Å². The number of imidazole rings is 1. The van der Waals surface area contributed by atoms with E-state index in [1.165, 1.54) is 48.3 Å². The zero-order chi connectivity index (χ0) is 20.3. The molecular formula is C16H14Cl2N4O5S. The van der Waals surface area contributed by atoms with Crippen molar-refractivity contribution in [3.63, 3.8) is 0 Å². The van der Waals surface area contributed by atoms with Gasteiger partial charge in [-0.25, -0.2) is 13.4 Å². The van der Waals surface area contributed by atoms with Crippen LogP contribution in [0.3, 0.4) is 0 Å². The van der Waals surface area contributed by atoms with Crippen molar-refractivity contribution in [3.8, 4) is 5.75 Å². The highest BCUT2D eigenvalue weighted by Crippen LogP contribution is 2.21. The minimum atomic E-state index is -3.96. The largest absolute Gasteiger partial charge is 0.497 e. The van der Waals surface area contributed by atoms with Crippen LogP contribution in [0, 0.1) is 0 Å². The van der Waals surface area contributed by atoms with Crippen molar-refractivity contribution in [1.29, 1.82) is 0 Å². The average molecular weight is 445 g/mol. The number of hydrazine groups is 1. The average Bonchev–Trinajstić information content (AvgIpc) is 3.28. The number of benzene rings is 1. The van der Waals surface area contributed by atoms with E-state index in [0.717, 1.165) is 0 Å². The quantitative estimate of drug-likeness (QED) is 0.540. The van der Waals surface area contributed by atoms with Crippen LogP contribution >= 0.6 is 23.2 Å². The van der Waals surface area contributed by atoms with Gasteiger partial charge in [-0.3, -0.25) is 10.2 Å². The molecule has 0 saturated heterocycles. The van der Waals surface area contributed by atoms with Crippen LogP contribution in [0.25, 0.3) is 0 Å². The number of sulfonamides is 1. The fourth-order valence-corrected chi connectivity index (χ4v) is 3.34. The number of ether oxygens (including phenoxy) is 1. The van der Waals surface area contributed by atoms with E-state index in [-0.39, 0.29) is 27.5 Å². The van der Waals surface area contributed by atoms with E-state index in [9.17, 15) is 13.2 Å². The molecule has 2 N–H and O–H groups in total. The molecule has 0 spiro atoms. The molecule has 2 heterocycles. The molecule has 0 bridgehead atoms. The molecule has 9 nitrogen and oxygen atoms in total. The van der Waals surface area contributed by atoms with E-state index < -0.39 is 15.9 Å². The van der Waals surface area contributed by atoms with Crippen molar-refractivity contribution in [2.24, 2.45) is 0 Å². The Balaban J connectivity index is 1.63. The topological polar surface area (TPSA) is 115 Å². The van der Waals surface area contributed by atoms with Crippen LogP contribution in [0.15, 0.2) is 52.0 Å². The molecule has 148 valence electrons. The maximum Gasteiger partial charge on any atom is 0.301 e. The standard InChI is InChI=1S/C16H14Cl2N4O5S/c1-26-10-2-5-12(6-3-10)28(24,25)21-20-16(23)13-7-4-11(27-13)8-22-9-19-14(17)15(22)18/h2-7,9,21H,8H2,1H3,(H,20,23). The van der Waals surface area contributed by atoms with Gasteiger partial charge in [-0.15, -0.1) is 4.83 Å². The third-order valence-electron chi connectivity index (χ3n) is 3.61. The molecule has 28 heavy (non-hydrogen) atoms. The summed E-state index contributed by atoms with van der Waals surface area (Å²) in [6.45, 7) is 0.198. The van der Waals surface area contributed by atoms with E-state index >= 15 is 0 Å². The van der Waals surface area contributed by atoms with Crippen molar-refractivity contribution < 1.29 is 22.4 Å². The number of rotatable bonds is 7. The van der Waals surface area contributed by atoms with E-state index in [4.69, 9.17) is 32.4 Å². The molecule has 0 aliphatic rings. The number of amides is 1. The highest BCUT2D eigenvalue weighted by molar-refractivity contribution is 7.89. The number of halogens is 2. The first-order valence-corrected chi connectivity index (χ1v) is 9.95. The molecule has 2 aromatic heterocycles. The summed E-state index contributed by atoms with van der Waals surface area (Å²) in [6, 6.07) is 8.62. The number of furan rings is 1. The zero-order valence-electron chi connectivity index (χ0n) is 14.3. The lowest BCUT2D eigenvalue weighted by atomic mass is 10.3. The van der Waals surface area contributed by atoms with Crippen LogP contribution in [0.5, 0.6) is 5.75 Å². The highest BCUT2D eigenvalue weighted by Gasteiger charge is 2.18. The van der Waals surface area contributed by atoms with E-state index in [1.807, 2.05) is 4.83 Å². The Hall–Kier alpha value is -2.53. The summed E-state index contributed by atoms with van der Waals surface area (Å²) >= 11 is 11.7. The molecule has 0 aliphatic heterocycles. The molecule has 0 aliphatic carbocycles. The molecule has 3 aromatic rings. The molecule has 3 rings (SSSR count). The number of methoxy groups -OCH3 is 1. The third-order valence-corrected chi connectivity index (χ3v) is 5.65. The van der Waals surface area contributed by atoms with Gasteiger partial charge < -0.3 is 13.7 Å². The number of nitrogens with one attached hydrogen (secondary N) is 2. The van der Waals surface area contributed by atoms with Crippen LogP contribution in [0.4, 0.5) is 0 Å². The van der Waals surface area contributed by atoms with Crippen molar-refractivity contribution in [2.45, 2.75) is 11.4 Å². The molecule has 0 atom stereocenters. The first-order valence-electron chi connectivity index (χ1n) is 7.71. The van der Waals surface area contributed by atoms with Crippen LogP contribution in [-0.4, -0.2) is 31.0 Å². The number of hydrogen-bond donors (Lipinski definition) is 2. The number of aromatic nitrogens is 2. The normalized spacial score (nSPS) is 11.4. The Kier molecular flexibility index (Phi) is 5.94. The number of carbonyl (C=O) groups is 1. The lowest BCUT2D eigenvalue weighted by Gasteiger charge is -2.08. The summed E-state index contributed by atoms with van der Waals surface area (Å²) in [5, 5.41) is 0.385. The van der Waals surface area contributed by atoms with Gasteiger partial charge in [0.15, 0.2) is 10.9 Å². The Morgan fingerprint density at radius 1 is 1.21 bits per heavy atom. The van der Waals surface area contributed by atoms with E-state index in [1.54, 1.807) is 6.07 Å². The lowest BCUT2D eigenvalue weighted by Crippen LogP contribution is -2.41. The van der Waals surface area contributed by atoms with Gasteiger partial charge >= 0.3 is 5.91 Å². The summed E-state index contributed by atoms with van der Waals surface area (Å²) in [5.74, 6) is 0.0531. The molecule has 0 fully saturated rings. The monoisotopic (exact) mass is 444 g/mol. The summed E-state index contributed by atoms with van der Waals surface area (Å²) in [6.07, 6.45) is 1.43. The second-order valence-corrected chi connectivity index (χ2v) is 7.85. The minimum absolute atomic E-state index is 0.0413. The molecule has 0 radical (unpaired) electrons. The van der Waals surface area contributed by atoms with Gasteiger partial charge in [0.25, 0.3) is 10.0 Å². The van der Waals surface area contributed by atoms with E-state index in [0.29, 0.717) is 11.5 Å². The summed E-state index contributed by atoms with van der Waals surface area (Å²) < 4.78 is 36.3. The fourth-order valence-electron chi connectivity index (χ4n) is 2.19. The second-order valence-electron chi connectivity index (χ2n) is 5.46. The second kappa shape index (κ2) is 8.23. The molecule has 1 aromatic carbocycles. The van der Waals surface area contributed by atoms with Crippen LogP contribution in [0.1, 0.15) is 16.3 Å². The van der Waals surface area contributed by atoms with Gasteiger partial charge in [-0.05, 0) is 36.4 Å². The predicted molar refractivity (Wildman–Crippen MR) is 101 cm³/mol. The van der Waals surface area contributed by atoms with Gasteiger partial charge in [-0.1, -0.05) is 23.2 Å². The summed E-state index contributed by atoms with van der Waals surface area (Å²) in [7, 11) is -2.49. The van der Waals surface area contributed by atoms with Gasteiger partial charge in [0.05, 0.1) is 24.9 Å². The minimum Gasteiger partial charge on any atom is -0.497 e. The van der Waals surface area contributed by atoms with Crippen molar-refractivity contribution in [1.82, 2.24) is 19.8 Å². The third kappa shape index (κ3) is 4.47. The zero-order valence-corrected chi connectivity index (χ0v) is 16.7. The number of carbonyl (C=O) groups excluding carboxylic acids is 1. The molecule has 0 saturated carbocycles. The van der Waals surface area contributed by atoms with Gasteiger partial charge in [0.2, 0.25) is 0 Å². The predicted octanol–water partition coefficient (Wildman–Crippen LogP) is 2.46. The maximum atomic E-state index is 12.2. The Morgan fingerprint density at radius 2 is 1.93 bits per heavy atom. The summed E-state index contributed by atoms with van der Waals surface area (Å²) in [4.78, 5) is 17.9. The first kappa shape index (κ1) is 20.2. The van der Waals surface area contributed by atoms with Crippen molar-refractivity contribution in [3.05, 3.63) is 64.6 Å². The van der Waals surface area contributed by atoms with Crippen molar-refractivity contribution in [2.75, 3.05) is 7.11 Å². The molecule has 0 unspecified atom stereocenters. The SMILES string of the molecule is COc1ccc(S(=O)(=O)NNC(=O)c2ccc(Cn3cnc(Cl)c3Cl)o2)cc1. The van der Waals surface area contributed by atoms with Crippen LogP contribution < -0.4 is 15.0 Å². The van der Waals surface area contributed by atoms with E-state index in [2.05, 4.69) is 10.4 Å². The molecule has 1 amide bonds. The molecule has 12 heteroatoms. The van der Waals surface area contributed by atoms with Gasteiger partial charge in [0.1, 0.15) is 16.7 Å². The number of hydrogen-bond acceptors (Lipinski definition) is 6.